The number of rotatable bonds is 3. The molecule has 0 fully saturated rings. The minimum absolute atomic E-state index is 0.326. The Labute approximate surface area is 119 Å². The second-order valence-electron chi connectivity index (χ2n) is 4.08. The van der Waals surface area contributed by atoms with Crippen molar-refractivity contribution >= 4 is 54.6 Å². The van der Waals surface area contributed by atoms with Gasteiger partial charge in [-0.2, -0.15) is 0 Å². The molecule has 102 valence electrons. The van der Waals surface area contributed by atoms with E-state index in [1.54, 1.807) is 17.6 Å². The van der Waals surface area contributed by atoms with Crippen molar-refractivity contribution in [2.45, 2.75) is 12.2 Å². The molecule has 0 saturated heterocycles. The summed E-state index contributed by atoms with van der Waals surface area (Å²) in [6, 6.07) is 3.44. The van der Waals surface area contributed by atoms with E-state index in [2.05, 4.69) is 10.3 Å². The molecule has 2 aromatic rings. The number of benzene rings is 1. The second kappa shape index (κ2) is 5.07. The molecule has 0 aliphatic rings. The van der Waals surface area contributed by atoms with Gasteiger partial charge in [0.15, 0.2) is 9.84 Å². The SMILES string of the molecule is CC(C(=O)Nc1c(Cl)ccc2scnc12)S(C)(=O)=O. The molecule has 19 heavy (non-hydrogen) atoms. The standard InChI is InChI=1S/C11H11ClN2O3S2/c1-6(19(2,16)17)11(15)14-9-7(12)3-4-8-10(9)13-5-18-8/h3-6H,1-2H3,(H,14,15). The normalized spacial score (nSPS) is 13.4. The third kappa shape index (κ3) is 2.88. The van der Waals surface area contributed by atoms with Gasteiger partial charge in [-0.1, -0.05) is 11.6 Å². The minimum Gasteiger partial charge on any atom is -0.322 e. The molecule has 1 N–H and O–H groups in total. The number of carbonyl (C=O) groups excluding carboxylic acids is 1. The number of amides is 1. The highest BCUT2D eigenvalue weighted by Crippen LogP contribution is 2.32. The summed E-state index contributed by atoms with van der Waals surface area (Å²) in [5, 5.41) is 1.72. The number of nitrogens with one attached hydrogen (secondary N) is 1. The van der Waals surface area contributed by atoms with Gasteiger partial charge in [-0.05, 0) is 19.1 Å². The van der Waals surface area contributed by atoms with Crippen LogP contribution < -0.4 is 5.32 Å². The maximum Gasteiger partial charge on any atom is 0.242 e. The minimum atomic E-state index is -3.45. The molecule has 8 heteroatoms. The topological polar surface area (TPSA) is 76.1 Å². The van der Waals surface area contributed by atoms with Crippen LogP contribution in [0.15, 0.2) is 17.6 Å². The van der Waals surface area contributed by atoms with Crippen LogP contribution in [0, 0.1) is 0 Å². The Morgan fingerprint density at radius 1 is 1.47 bits per heavy atom. The average Bonchev–Trinajstić information content (AvgIpc) is 2.78. The first kappa shape index (κ1) is 14.2. The highest BCUT2D eigenvalue weighted by atomic mass is 35.5. The van der Waals surface area contributed by atoms with Crippen LogP contribution in [0.25, 0.3) is 10.2 Å². The third-order valence-corrected chi connectivity index (χ3v) is 5.32. The number of carbonyl (C=O) groups is 1. The molecular formula is C11H11ClN2O3S2. The Hall–Kier alpha value is -1.18. The first-order chi connectivity index (χ1) is 8.80. The fourth-order valence-corrected chi connectivity index (χ4v) is 2.78. The predicted molar refractivity (Wildman–Crippen MR) is 77.6 cm³/mol. The maximum atomic E-state index is 11.9. The Morgan fingerprint density at radius 2 is 2.16 bits per heavy atom. The molecule has 1 heterocycles. The summed E-state index contributed by atoms with van der Waals surface area (Å²) in [7, 11) is -3.45. The summed E-state index contributed by atoms with van der Waals surface area (Å²) in [6.45, 7) is 1.33. The number of nitrogens with zero attached hydrogens (tertiary/aromatic N) is 1. The van der Waals surface area contributed by atoms with Crippen LogP contribution in [0.4, 0.5) is 5.69 Å². The zero-order chi connectivity index (χ0) is 14.2. The van der Waals surface area contributed by atoms with Crippen LogP contribution in [-0.2, 0) is 14.6 Å². The summed E-state index contributed by atoms with van der Waals surface area (Å²) in [5.74, 6) is -0.620. The van der Waals surface area contributed by atoms with Gasteiger partial charge in [-0.3, -0.25) is 4.79 Å². The number of fused-ring (bicyclic) bond motifs is 1. The van der Waals surface area contributed by atoms with E-state index in [0.29, 0.717) is 16.2 Å². The van der Waals surface area contributed by atoms with E-state index in [1.807, 2.05) is 0 Å². The van der Waals surface area contributed by atoms with Crippen molar-refractivity contribution in [2.75, 3.05) is 11.6 Å². The van der Waals surface area contributed by atoms with Crippen LogP contribution >= 0.6 is 22.9 Å². The van der Waals surface area contributed by atoms with Gasteiger partial charge in [-0.15, -0.1) is 11.3 Å². The van der Waals surface area contributed by atoms with Gasteiger partial charge < -0.3 is 5.32 Å². The smallest absolute Gasteiger partial charge is 0.242 e. The molecule has 2 rings (SSSR count). The number of hydrogen-bond acceptors (Lipinski definition) is 5. The lowest BCUT2D eigenvalue weighted by molar-refractivity contribution is -0.115. The molecule has 1 aromatic heterocycles. The van der Waals surface area contributed by atoms with Crippen LogP contribution in [0.1, 0.15) is 6.92 Å². The van der Waals surface area contributed by atoms with E-state index < -0.39 is 21.0 Å². The molecule has 5 nitrogen and oxygen atoms in total. The van der Waals surface area contributed by atoms with Crippen molar-refractivity contribution < 1.29 is 13.2 Å². The zero-order valence-electron chi connectivity index (χ0n) is 10.2. The number of halogens is 1. The number of anilines is 1. The van der Waals surface area contributed by atoms with Crippen LogP contribution in [-0.4, -0.2) is 30.8 Å². The third-order valence-electron chi connectivity index (χ3n) is 2.71. The highest BCUT2D eigenvalue weighted by Gasteiger charge is 2.25. The molecule has 1 aromatic carbocycles. The van der Waals surface area contributed by atoms with Crippen molar-refractivity contribution in [1.29, 1.82) is 0 Å². The van der Waals surface area contributed by atoms with Crippen molar-refractivity contribution in [1.82, 2.24) is 4.98 Å². The number of aromatic nitrogens is 1. The Kier molecular flexibility index (Phi) is 3.80. The predicted octanol–water partition coefficient (Wildman–Crippen LogP) is 2.32. The first-order valence-corrected chi connectivity index (χ1v) is 8.53. The van der Waals surface area contributed by atoms with Crippen molar-refractivity contribution in [3.8, 4) is 0 Å². The molecule has 0 aliphatic heterocycles. The lowest BCUT2D eigenvalue weighted by Gasteiger charge is -2.12. The van der Waals surface area contributed by atoms with E-state index in [9.17, 15) is 13.2 Å². The Morgan fingerprint density at radius 3 is 2.79 bits per heavy atom. The summed E-state index contributed by atoms with van der Waals surface area (Å²) in [5.41, 5.74) is 2.55. The molecule has 0 saturated carbocycles. The fraction of sp³-hybridized carbons (Fsp3) is 0.273. The van der Waals surface area contributed by atoms with Gasteiger partial charge in [-0.25, -0.2) is 13.4 Å². The molecule has 1 atom stereocenters. The van der Waals surface area contributed by atoms with Gasteiger partial charge in [0.1, 0.15) is 10.8 Å². The van der Waals surface area contributed by atoms with Gasteiger partial charge in [0, 0.05) is 6.26 Å². The maximum absolute atomic E-state index is 11.9. The summed E-state index contributed by atoms with van der Waals surface area (Å²) >= 11 is 7.44. The van der Waals surface area contributed by atoms with Crippen LogP contribution in [0.2, 0.25) is 5.02 Å². The monoisotopic (exact) mass is 318 g/mol. The molecule has 1 amide bonds. The Bertz CT molecular complexity index is 739. The summed E-state index contributed by atoms with van der Waals surface area (Å²) in [4.78, 5) is 16.0. The summed E-state index contributed by atoms with van der Waals surface area (Å²) < 4.78 is 23.6. The molecule has 0 radical (unpaired) electrons. The Balaban J connectivity index is 2.39. The van der Waals surface area contributed by atoms with E-state index in [0.717, 1.165) is 11.0 Å². The quantitative estimate of drug-likeness (QED) is 0.942. The van der Waals surface area contributed by atoms with E-state index in [1.165, 1.54) is 18.3 Å². The number of thiazole rings is 1. The number of sulfone groups is 1. The van der Waals surface area contributed by atoms with Gasteiger partial charge >= 0.3 is 0 Å². The number of hydrogen-bond donors (Lipinski definition) is 1. The van der Waals surface area contributed by atoms with Gasteiger partial charge in [0.05, 0.1) is 20.9 Å². The van der Waals surface area contributed by atoms with Crippen molar-refractivity contribution in [3.63, 3.8) is 0 Å². The van der Waals surface area contributed by atoms with E-state index in [-0.39, 0.29) is 0 Å². The second-order valence-corrected chi connectivity index (χ2v) is 7.74. The lowest BCUT2D eigenvalue weighted by atomic mass is 10.2. The molecular weight excluding hydrogens is 308 g/mol. The molecule has 0 spiro atoms. The lowest BCUT2D eigenvalue weighted by Crippen LogP contribution is -2.31. The van der Waals surface area contributed by atoms with Crippen LogP contribution in [0.5, 0.6) is 0 Å². The fourth-order valence-electron chi connectivity index (χ4n) is 1.44. The largest absolute Gasteiger partial charge is 0.322 e. The highest BCUT2D eigenvalue weighted by molar-refractivity contribution is 7.92. The van der Waals surface area contributed by atoms with E-state index >= 15 is 0 Å². The van der Waals surface area contributed by atoms with Gasteiger partial charge in [0.2, 0.25) is 5.91 Å². The molecule has 0 bridgehead atoms. The van der Waals surface area contributed by atoms with Crippen molar-refractivity contribution in [2.24, 2.45) is 0 Å². The van der Waals surface area contributed by atoms with Crippen molar-refractivity contribution in [3.05, 3.63) is 22.7 Å². The summed E-state index contributed by atoms with van der Waals surface area (Å²) in [6.07, 6.45) is 1.02. The molecule has 1 unspecified atom stereocenters. The first-order valence-electron chi connectivity index (χ1n) is 5.32. The van der Waals surface area contributed by atoms with Crippen LogP contribution in [0.3, 0.4) is 0 Å². The van der Waals surface area contributed by atoms with E-state index in [4.69, 9.17) is 11.6 Å². The average molecular weight is 319 g/mol. The molecule has 0 aliphatic carbocycles. The van der Waals surface area contributed by atoms with Gasteiger partial charge in [0.25, 0.3) is 0 Å². The zero-order valence-corrected chi connectivity index (χ0v) is 12.6.